The first-order valence-corrected chi connectivity index (χ1v) is 8.31. The maximum absolute atomic E-state index is 12.1. The van der Waals surface area contributed by atoms with Crippen molar-refractivity contribution in [1.29, 1.82) is 0 Å². The van der Waals surface area contributed by atoms with E-state index in [1.54, 1.807) is 18.2 Å². The van der Waals surface area contributed by atoms with Crippen LogP contribution in [0.15, 0.2) is 23.1 Å². The van der Waals surface area contributed by atoms with Crippen molar-refractivity contribution >= 4 is 21.6 Å². The Bertz CT molecular complexity index is 637. The molecule has 7 heteroatoms. The zero-order chi connectivity index (χ0) is 15.6. The number of hydrogen-bond acceptors (Lipinski definition) is 4. The van der Waals surface area contributed by atoms with Crippen LogP contribution in [0, 0.1) is 6.92 Å². The second-order valence-electron chi connectivity index (χ2n) is 5.46. The van der Waals surface area contributed by atoms with Gasteiger partial charge in [0, 0.05) is 25.8 Å². The smallest absolute Gasteiger partial charge is 0.242 e. The zero-order valence-electron chi connectivity index (χ0n) is 12.5. The Hall–Kier alpha value is -1.60. The van der Waals surface area contributed by atoms with Gasteiger partial charge in [0.2, 0.25) is 15.9 Å². The van der Waals surface area contributed by atoms with E-state index < -0.39 is 10.0 Å². The quantitative estimate of drug-likeness (QED) is 0.819. The third kappa shape index (κ3) is 3.95. The van der Waals surface area contributed by atoms with E-state index >= 15 is 0 Å². The van der Waals surface area contributed by atoms with Crippen molar-refractivity contribution in [2.24, 2.45) is 0 Å². The molecule has 0 saturated heterocycles. The van der Waals surface area contributed by atoms with Crippen molar-refractivity contribution < 1.29 is 13.2 Å². The average molecular weight is 311 g/mol. The molecule has 0 radical (unpaired) electrons. The Morgan fingerprint density at radius 2 is 2.00 bits per heavy atom. The molecule has 0 aromatic heterocycles. The van der Waals surface area contributed by atoms with Gasteiger partial charge in [-0.05, 0) is 37.5 Å². The number of benzene rings is 1. The molecule has 1 aromatic rings. The highest BCUT2D eigenvalue weighted by molar-refractivity contribution is 7.89. The normalized spacial score (nSPS) is 15.0. The van der Waals surface area contributed by atoms with Crippen LogP contribution >= 0.6 is 0 Å². The molecule has 2 rings (SSSR count). The van der Waals surface area contributed by atoms with Gasteiger partial charge in [-0.3, -0.25) is 4.79 Å². The van der Waals surface area contributed by atoms with Gasteiger partial charge in [0.15, 0.2) is 0 Å². The SMILES string of the molecule is Cc1ccc(S(=O)(=O)N(C)C)cc1NCC(=O)NC1CC1. The van der Waals surface area contributed by atoms with Crippen molar-refractivity contribution in [3.05, 3.63) is 23.8 Å². The first kappa shape index (κ1) is 15.8. The Morgan fingerprint density at radius 1 is 1.33 bits per heavy atom. The van der Waals surface area contributed by atoms with Crippen LogP contribution in [0.2, 0.25) is 0 Å². The summed E-state index contributed by atoms with van der Waals surface area (Å²) in [6.45, 7) is 2.01. The third-order valence-corrected chi connectivity index (χ3v) is 5.18. The molecule has 1 aliphatic rings. The molecular weight excluding hydrogens is 290 g/mol. The number of aryl methyl sites for hydroxylation is 1. The highest BCUT2D eigenvalue weighted by Crippen LogP contribution is 2.22. The molecule has 2 N–H and O–H groups in total. The summed E-state index contributed by atoms with van der Waals surface area (Å²) < 4.78 is 25.4. The number of rotatable bonds is 6. The van der Waals surface area contributed by atoms with Gasteiger partial charge in [-0.2, -0.15) is 0 Å². The molecule has 0 bridgehead atoms. The van der Waals surface area contributed by atoms with E-state index in [-0.39, 0.29) is 17.3 Å². The molecule has 1 aliphatic carbocycles. The van der Waals surface area contributed by atoms with E-state index in [2.05, 4.69) is 10.6 Å². The molecule has 21 heavy (non-hydrogen) atoms. The topological polar surface area (TPSA) is 78.5 Å². The van der Waals surface area contributed by atoms with Crippen molar-refractivity contribution in [3.63, 3.8) is 0 Å². The van der Waals surface area contributed by atoms with Gasteiger partial charge in [0.05, 0.1) is 11.4 Å². The van der Waals surface area contributed by atoms with Gasteiger partial charge in [0.25, 0.3) is 0 Å². The molecule has 116 valence electrons. The number of amides is 1. The molecule has 0 unspecified atom stereocenters. The van der Waals surface area contributed by atoms with Crippen LogP contribution in [0.3, 0.4) is 0 Å². The number of nitrogens with one attached hydrogen (secondary N) is 2. The maximum Gasteiger partial charge on any atom is 0.242 e. The molecule has 0 aliphatic heterocycles. The number of carbonyl (C=O) groups excluding carboxylic acids is 1. The van der Waals surface area contributed by atoms with Crippen LogP contribution < -0.4 is 10.6 Å². The van der Waals surface area contributed by atoms with E-state index in [9.17, 15) is 13.2 Å². The van der Waals surface area contributed by atoms with Gasteiger partial charge in [0.1, 0.15) is 0 Å². The second kappa shape index (κ2) is 6.03. The Kier molecular flexibility index (Phi) is 4.53. The van der Waals surface area contributed by atoms with Crippen molar-refractivity contribution in [3.8, 4) is 0 Å². The first-order chi connectivity index (χ1) is 9.80. The standard InChI is InChI=1S/C14H21N3O3S/c1-10-4-7-12(21(19,20)17(2)3)8-13(10)15-9-14(18)16-11-5-6-11/h4,7-8,11,15H,5-6,9H2,1-3H3,(H,16,18). The number of hydrogen-bond donors (Lipinski definition) is 2. The molecular formula is C14H21N3O3S. The fourth-order valence-electron chi connectivity index (χ4n) is 1.84. The van der Waals surface area contributed by atoms with E-state index in [0.29, 0.717) is 11.7 Å². The van der Waals surface area contributed by atoms with Crippen LogP contribution in [0.25, 0.3) is 0 Å². The third-order valence-electron chi connectivity index (χ3n) is 3.37. The van der Waals surface area contributed by atoms with Crippen LogP contribution in [-0.2, 0) is 14.8 Å². The highest BCUT2D eigenvalue weighted by atomic mass is 32.2. The minimum absolute atomic E-state index is 0.0715. The molecule has 1 amide bonds. The van der Waals surface area contributed by atoms with Crippen LogP contribution in [0.5, 0.6) is 0 Å². The lowest BCUT2D eigenvalue weighted by molar-refractivity contribution is -0.119. The predicted octanol–water partition coefficient (Wildman–Crippen LogP) is 0.936. The number of carbonyl (C=O) groups is 1. The van der Waals surface area contributed by atoms with Crippen molar-refractivity contribution in [2.45, 2.75) is 30.7 Å². The lowest BCUT2D eigenvalue weighted by Crippen LogP contribution is -2.31. The van der Waals surface area contributed by atoms with Gasteiger partial charge in [-0.15, -0.1) is 0 Å². The minimum atomic E-state index is -3.47. The Morgan fingerprint density at radius 3 is 2.57 bits per heavy atom. The average Bonchev–Trinajstić information content (AvgIpc) is 3.21. The van der Waals surface area contributed by atoms with Crippen molar-refractivity contribution in [1.82, 2.24) is 9.62 Å². The first-order valence-electron chi connectivity index (χ1n) is 6.87. The van der Waals surface area contributed by atoms with Crippen molar-refractivity contribution in [2.75, 3.05) is 26.0 Å². The summed E-state index contributed by atoms with van der Waals surface area (Å²) in [6, 6.07) is 5.19. The largest absolute Gasteiger partial charge is 0.376 e. The lowest BCUT2D eigenvalue weighted by Gasteiger charge is -2.15. The maximum atomic E-state index is 12.1. The summed E-state index contributed by atoms with van der Waals surface area (Å²) in [7, 11) is -0.488. The summed E-state index contributed by atoms with van der Waals surface area (Å²) in [5.74, 6) is -0.0715. The highest BCUT2D eigenvalue weighted by Gasteiger charge is 2.23. The molecule has 6 nitrogen and oxygen atoms in total. The summed E-state index contributed by atoms with van der Waals surface area (Å²) in [4.78, 5) is 11.9. The summed E-state index contributed by atoms with van der Waals surface area (Å²) >= 11 is 0. The lowest BCUT2D eigenvalue weighted by atomic mass is 10.2. The number of anilines is 1. The van der Waals surface area contributed by atoms with Gasteiger partial charge in [-0.25, -0.2) is 12.7 Å². The van der Waals surface area contributed by atoms with Crippen LogP contribution in [0.4, 0.5) is 5.69 Å². The van der Waals surface area contributed by atoms with E-state index in [4.69, 9.17) is 0 Å². The molecule has 0 heterocycles. The van der Waals surface area contributed by atoms with Crippen LogP contribution in [-0.4, -0.2) is 45.3 Å². The molecule has 1 aromatic carbocycles. The van der Waals surface area contributed by atoms with Gasteiger partial charge >= 0.3 is 0 Å². The van der Waals surface area contributed by atoms with Gasteiger partial charge in [-0.1, -0.05) is 6.07 Å². The van der Waals surface area contributed by atoms with E-state index in [1.807, 2.05) is 6.92 Å². The van der Waals surface area contributed by atoms with Crippen LogP contribution in [0.1, 0.15) is 18.4 Å². The monoisotopic (exact) mass is 311 g/mol. The van der Waals surface area contributed by atoms with E-state index in [1.165, 1.54) is 18.4 Å². The molecule has 1 fully saturated rings. The molecule has 0 atom stereocenters. The fraction of sp³-hybridized carbons (Fsp3) is 0.500. The fourth-order valence-corrected chi connectivity index (χ4v) is 2.77. The summed E-state index contributed by atoms with van der Waals surface area (Å²) in [6.07, 6.45) is 2.09. The second-order valence-corrected chi connectivity index (χ2v) is 7.61. The zero-order valence-corrected chi connectivity index (χ0v) is 13.3. The van der Waals surface area contributed by atoms with Gasteiger partial charge < -0.3 is 10.6 Å². The number of sulfonamides is 1. The summed E-state index contributed by atoms with van der Waals surface area (Å²) in [5, 5.41) is 5.88. The summed E-state index contributed by atoms with van der Waals surface area (Å²) in [5.41, 5.74) is 1.55. The molecule has 0 spiro atoms. The number of nitrogens with zero attached hydrogens (tertiary/aromatic N) is 1. The Labute approximate surface area is 125 Å². The Balaban J connectivity index is 2.10. The predicted molar refractivity (Wildman–Crippen MR) is 81.7 cm³/mol. The minimum Gasteiger partial charge on any atom is -0.376 e. The van der Waals surface area contributed by atoms with E-state index in [0.717, 1.165) is 18.4 Å². The molecule has 1 saturated carbocycles.